The van der Waals surface area contributed by atoms with E-state index >= 15 is 0 Å². The summed E-state index contributed by atoms with van der Waals surface area (Å²) in [6.45, 7) is 3.80. The average molecular weight is 660 g/mol. The lowest BCUT2D eigenvalue weighted by atomic mass is 9.99. The first-order valence-electron chi connectivity index (χ1n) is 19.2. The second-order valence-corrected chi connectivity index (χ2v) is 13.7. The quantitative estimate of drug-likeness (QED) is 0.0466. The van der Waals surface area contributed by atoms with Crippen molar-refractivity contribution in [2.45, 2.75) is 217 Å². The molecule has 0 aromatic heterocycles. The molecule has 1 aliphatic rings. The second-order valence-electron chi connectivity index (χ2n) is 13.7. The minimum atomic E-state index is -1.55. The fourth-order valence-corrected chi connectivity index (χ4v) is 6.28. The van der Waals surface area contributed by atoms with Crippen LogP contribution >= 0.6 is 0 Å². The molecule has 0 aliphatic carbocycles. The van der Waals surface area contributed by atoms with Crippen LogP contribution in [0.5, 0.6) is 0 Å². The summed E-state index contributed by atoms with van der Waals surface area (Å²) < 4.78 is 11.2. The van der Waals surface area contributed by atoms with E-state index in [2.05, 4.69) is 19.2 Å². The minimum absolute atomic E-state index is 0.133. The number of ether oxygens (including phenoxy) is 2. The van der Waals surface area contributed by atoms with E-state index < -0.39 is 49.5 Å². The van der Waals surface area contributed by atoms with Crippen molar-refractivity contribution in [1.29, 1.82) is 0 Å². The molecule has 1 amide bonds. The molecule has 1 rings (SSSR count). The van der Waals surface area contributed by atoms with Crippen molar-refractivity contribution in [2.24, 2.45) is 0 Å². The van der Waals surface area contributed by atoms with Gasteiger partial charge in [0.2, 0.25) is 5.91 Å². The standard InChI is InChI=1S/C37H73NO8/c1-3-5-7-9-11-13-15-17-19-21-23-25-27-33(41)38-30(29-45-37-36(44)35(43)34(42)32(28-39)46-37)31(40)26-24-22-20-18-16-14-12-10-8-6-4-2/h30-32,34-37,39-40,42-44H,3-29H2,1-2H3,(H,38,41)/t30-,31+,32+,34-,35?,36?,37+/m0/s1. The van der Waals surface area contributed by atoms with Crippen LogP contribution in [0.4, 0.5) is 0 Å². The average Bonchev–Trinajstić information content (AvgIpc) is 3.05. The van der Waals surface area contributed by atoms with Gasteiger partial charge in [0.25, 0.3) is 0 Å². The van der Waals surface area contributed by atoms with Crippen LogP contribution in [0.25, 0.3) is 0 Å². The van der Waals surface area contributed by atoms with Crippen molar-refractivity contribution in [1.82, 2.24) is 5.32 Å². The summed E-state index contributed by atoms with van der Waals surface area (Å²) in [4.78, 5) is 12.8. The number of carbonyl (C=O) groups excluding carboxylic acids is 1. The number of amides is 1. The Morgan fingerprint density at radius 2 is 1.09 bits per heavy atom. The Labute approximate surface area is 281 Å². The van der Waals surface area contributed by atoms with Gasteiger partial charge in [0, 0.05) is 6.42 Å². The van der Waals surface area contributed by atoms with Crippen LogP contribution in [0, 0.1) is 0 Å². The predicted octanol–water partition coefficient (Wildman–Crippen LogP) is 6.44. The third-order valence-corrected chi connectivity index (χ3v) is 9.46. The van der Waals surface area contributed by atoms with Crippen molar-refractivity contribution in [3.63, 3.8) is 0 Å². The first kappa shape index (κ1) is 43.2. The number of unbranched alkanes of at least 4 members (excludes halogenated alkanes) is 21. The molecule has 9 nitrogen and oxygen atoms in total. The lowest BCUT2D eigenvalue weighted by Gasteiger charge is -2.40. The minimum Gasteiger partial charge on any atom is -0.394 e. The van der Waals surface area contributed by atoms with Crippen LogP contribution in [0.15, 0.2) is 0 Å². The van der Waals surface area contributed by atoms with E-state index in [4.69, 9.17) is 9.47 Å². The Bertz CT molecular complexity index is 696. The zero-order chi connectivity index (χ0) is 33.8. The Morgan fingerprint density at radius 1 is 0.652 bits per heavy atom. The molecule has 0 radical (unpaired) electrons. The molecule has 0 bridgehead atoms. The molecule has 9 heteroatoms. The molecule has 6 N–H and O–H groups in total. The summed E-state index contributed by atoms with van der Waals surface area (Å²) in [5.41, 5.74) is 0. The number of rotatable bonds is 31. The Hall–Kier alpha value is -0.810. The molecule has 7 atom stereocenters. The molecular formula is C37H73NO8. The SMILES string of the molecule is CCCCCCCCCCCCCCC(=O)N[C@@H](CO[C@@H]1O[C@H](CO)[C@H](O)C(O)C1O)[C@H](O)CCCCCCCCCCCCC. The van der Waals surface area contributed by atoms with E-state index in [1.807, 2.05) is 0 Å². The molecule has 2 unspecified atom stereocenters. The maximum atomic E-state index is 12.8. The van der Waals surface area contributed by atoms with Gasteiger partial charge in [-0.2, -0.15) is 0 Å². The highest BCUT2D eigenvalue weighted by Crippen LogP contribution is 2.23. The first-order valence-corrected chi connectivity index (χ1v) is 19.2. The third kappa shape index (κ3) is 20.5. The molecule has 1 aliphatic heterocycles. The summed E-state index contributed by atoms with van der Waals surface area (Å²) in [5, 5.41) is 54.0. The monoisotopic (exact) mass is 660 g/mol. The highest BCUT2D eigenvalue weighted by molar-refractivity contribution is 5.76. The predicted molar refractivity (Wildman–Crippen MR) is 184 cm³/mol. The van der Waals surface area contributed by atoms with Crippen LogP contribution in [0.2, 0.25) is 0 Å². The van der Waals surface area contributed by atoms with Crippen LogP contribution in [-0.2, 0) is 14.3 Å². The number of hydrogen-bond acceptors (Lipinski definition) is 8. The Balaban J connectivity index is 2.42. The largest absolute Gasteiger partial charge is 0.394 e. The molecule has 1 heterocycles. The summed E-state index contributed by atoms with van der Waals surface area (Å²) in [7, 11) is 0. The second kappa shape index (κ2) is 29.1. The van der Waals surface area contributed by atoms with Gasteiger partial charge in [0.1, 0.15) is 24.4 Å². The molecule has 0 spiro atoms. The first-order chi connectivity index (χ1) is 22.3. The maximum Gasteiger partial charge on any atom is 0.220 e. The van der Waals surface area contributed by atoms with E-state index in [1.54, 1.807) is 0 Å². The third-order valence-electron chi connectivity index (χ3n) is 9.46. The number of aliphatic hydroxyl groups excluding tert-OH is 5. The van der Waals surface area contributed by atoms with E-state index in [-0.39, 0.29) is 12.5 Å². The van der Waals surface area contributed by atoms with Crippen LogP contribution in [0.3, 0.4) is 0 Å². The van der Waals surface area contributed by atoms with Gasteiger partial charge in [-0.1, -0.05) is 155 Å². The van der Waals surface area contributed by atoms with Gasteiger partial charge in [-0.25, -0.2) is 0 Å². The molecule has 274 valence electrons. The zero-order valence-electron chi connectivity index (χ0n) is 29.6. The fourth-order valence-electron chi connectivity index (χ4n) is 6.28. The number of aliphatic hydroxyl groups is 5. The summed E-state index contributed by atoms with van der Waals surface area (Å²) in [6.07, 6.45) is 21.1. The van der Waals surface area contributed by atoms with Gasteiger partial charge in [-0.3, -0.25) is 4.79 Å². The molecule has 46 heavy (non-hydrogen) atoms. The summed E-state index contributed by atoms with van der Waals surface area (Å²) in [6, 6.07) is -0.708. The van der Waals surface area contributed by atoms with E-state index in [1.165, 1.54) is 109 Å². The zero-order valence-corrected chi connectivity index (χ0v) is 29.6. The van der Waals surface area contributed by atoms with Crippen molar-refractivity contribution in [3.05, 3.63) is 0 Å². The van der Waals surface area contributed by atoms with Crippen molar-refractivity contribution in [2.75, 3.05) is 13.2 Å². The number of hydrogen-bond donors (Lipinski definition) is 6. The lowest BCUT2D eigenvalue weighted by molar-refractivity contribution is -0.302. The highest BCUT2D eigenvalue weighted by Gasteiger charge is 2.44. The van der Waals surface area contributed by atoms with Crippen molar-refractivity contribution in [3.8, 4) is 0 Å². The maximum absolute atomic E-state index is 12.8. The van der Waals surface area contributed by atoms with Crippen LogP contribution in [-0.4, -0.2) is 87.5 Å². The lowest BCUT2D eigenvalue weighted by Crippen LogP contribution is -2.60. The van der Waals surface area contributed by atoms with Gasteiger partial charge in [0.05, 0.1) is 25.4 Å². The van der Waals surface area contributed by atoms with Gasteiger partial charge < -0.3 is 40.3 Å². The number of carbonyl (C=O) groups is 1. The van der Waals surface area contributed by atoms with Crippen LogP contribution in [0.1, 0.15) is 174 Å². The topological polar surface area (TPSA) is 149 Å². The summed E-state index contributed by atoms with van der Waals surface area (Å²) >= 11 is 0. The van der Waals surface area contributed by atoms with Crippen LogP contribution < -0.4 is 5.32 Å². The van der Waals surface area contributed by atoms with Gasteiger partial charge in [-0.15, -0.1) is 0 Å². The fraction of sp³-hybridized carbons (Fsp3) is 0.973. The van der Waals surface area contributed by atoms with E-state index in [0.717, 1.165) is 38.5 Å². The van der Waals surface area contributed by atoms with Crippen molar-refractivity contribution >= 4 is 5.91 Å². The van der Waals surface area contributed by atoms with Gasteiger partial charge in [-0.05, 0) is 12.8 Å². The van der Waals surface area contributed by atoms with Crippen molar-refractivity contribution < 1.29 is 39.8 Å². The Kier molecular flexibility index (Phi) is 27.4. The molecule has 0 aromatic carbocycles. The smallest absolute Gasteiger partial charge is 0.220 e. The highest BCUT2D eigenvalue weighted by atomic mass is 16.7. The molecular weight excluding hydrogens is 586 g/mol. The molecule has 1 saturated heterocycles. The van der Waals surface area contributed by atoms with E-state index in [0.29, 0.717) is 12.8 Å². The number of nitrogens with one attached hydrogen (secondary N) is 1. The van der Waals surface area contributed by atoms with E-state index in [9.17, 15) is 30.3 Å². The summed E-state index contributed by atoms with van der Waals surface area (Å²) in [5.74, 6) is -0.146. The van der Waals surface area contributed by atoms with Gasteiger partial charge in [0.15, 0.2) is 6.29 Å². The van der Waals surface area contributed by atoms with Gasteiger partial charge >= 0.3 is 0 Å². The normalized spacial score (nSPS) is 23.0. The molecule has 0 saturated carbocycles. The molecule has 0 aromatic rings. The molecule has 1 fully saturated rings. The Morgan fingerprint density at radius 3 is 1.54 bits per heavy atom.